The Bertz CT molecular complexity index is 888. The van der Waals surface area contributed by atoms with Crippen LogP contribution in [0, 0.1) is 0 Å². The van der Waals surface area contributed by atoms with Crippen LogP contribution in [0.5, 0.6) is 11.5 Å². The summed E-state index contributed by atoms with van der Waals surface area (Å²) in [5, 5.41) is 3.46. The molecule has 1 aromatic carbocycles. The summed E-state index contributed by atoms with van der Waals surface area (Å²) in [4.78, 5) is 22.5. The number of hydrogen-bond donors (Lipinski definition) is 1. The van der Waals surface area contributed by atoms with Crippen molar-refractivity contribution in [2.75, 3.05) is 12.4 Å². The third kappa shape index (κ3) is 4.62. The summed E-state index contributed by atoms with van der Waals surface area (Å²) in [6.07, 6.45) is 0.999. The highest BCUT2D eigenvalue weighted by molar-refractivity contribution is 6.28. The number of benzene rings is 1. The molecule has 1 N–H and O–H groups in total. The summed E-state index contributed by atoms with van der Waals surface area (Å²) in [5.41, 5.74) is 2.53. The van der Waals surface area contributed by atoms with Crippen LogP contribution < -0.4 is 14.8 Å². The van der Waals surface area contributed by atoms with Crippen LogP contribution in [0.3, 0.4) is 0 Å². The topological polar surface area (TPSA) is 76.6 Å². The number of hydrogen-bond acceptors (Lipinski definition) is 7. The normalized spacial score (nSPS) is 16.2. The molecule has 29 heavy (non-hydrogen) atoms. The highest BCUT2D eigenvalue weighted by Crippen LogP contribution is 2.37. The molecule has 2 heterocycles. The molecule has 0 saturated carbocycles. The molecule has 0 amide bonds. The van der Waals surface area contributed by atoms with Gasteiger partial charge in [0.15, 0.2) is 0 Å². The van der Waals surface area contributed by atoms with Gasteiger partial charge in [-0.3, -0.25) is 4.90 Å². The first kappa shape index (κ1) is 21.3. The second-order valence-corrected chi connectivity index (χ2v) is 7.88. The maximum atomic E-state index is 11.7. The van der Waals surface area contributed by atoms with E-state index in [1.54, 1.807) is 7.11 Å². The van der Waals surface area contributed by atoms with Gasteiger partial charge in [-0.15, -0.1) is 0 Å². The summed E-state index contributed by atoms with van der Waals surface area (Å²) in [5.74, 6) is 2.12. The largest absolute Gasteiger partial charge is 0.496 e. The molecular formula is C21H27ClN4O3. The Balaban J connectivity index is 1.85. The van der Waals surface area contributed by atoms with Gasteiger partial charge in [0.1, 0.15) is 29.6 Å². The number of carbonyl (C=O) groups excluding carboxylic acids is 1. The number of methoxy groups -OCH3 is 1. The molecule has 3 rings (SSSR count). The molecule has 0 saturated heterocycles. The lowest BCUT2D eigenvalue weighted by molar-refractivity contribution is -0.113. The van der Waals surface area contributed by atoms with Gasteiger partial charge in [0.2, 0.25) is 5.28 Å². The highest BCUT2D eigenvalue weighted by atomic mass is 35.5. The maximum Gasteiger partial charge on any atom is 0.224 e. The van der Waals surface area contributed by atoms with Crippen molar-refractivity contribution in [3.63, 3.8) is 0 Å². The van der Waals surface area contributed by atoms with Crippen LogP contribution >= 0.6 is 11.6 Å². The summed E-state index contributed by atoms with van der Waals surface area (Å²) in [6.45, 7) is 9.14. The van der Waals surface area contributed by atoms with E-state index in [0.717, 1.165) is 28.9 Å². The van der Waals surface area contributed by atoms with E-state index in [1.807, 2.05) is 32.0 Å². The van der Waals surface area contributed by atoms with Crippen LogP contribution in [0.2, 0.25) is 5.28 Å². The standard InChI is InChI=1S/C21H27ClN4O3/c1-12(2)26-10-16-19(17(26)11-27)24-21(22)25-20(16)23-9-14-6-7-15(29-13(3)4)8-18(14)28-5/h6-8,11-13,17H,9-10H2,1-5H3,(H,23,24,25). The molecule has 1 atom stereocenters. The number of nitrogens with one attached hydrogen (secondary N) is 1. The summed E-state index contributed by atoms with van der Waals surface area (Å²) < 4.78 is 11.3. The number of rotatable bonds is 8. The third-order valence-corrected chi connectivity index (χ3v) is 5.03. The Hall–Kier alpha value is -2.38. The number of ether oxygens (including phenoxy) is 2. The van der Waals surface area contributed by atoms with Gasteiger partial charge < -0.3 is 19.6 Å². The Morgan fingerprint density at radius 2 is 2.07 bits per heavy atom. The van der Waals surface area contributed by atoms with E-state index in [1.165, 1.54) is 0 Å². The molecule has 7 nitrogen and oxygen atoms in total. The molecule has 8 heteroatoms. The van der Waals surface area contributed by atoms with Crippen molar-refractivity contribution in [2.45, 2.75) is 59.0 Å². The number of fused-ring (bicyclic) bond motifs is 1. The summed E-state index contributed by atoms with van der Waals surface area (Å²) in [7, 11) is 1.63. The number of nitrogens with zero attached hydrogens (tertiary/aromatic N) is 3. The van der Waals surface area contributed by atoms with Crippen molar-refractivity contribution in [2.24, 2.45) is 0 Å². The average molecular weight is 419 g/mol. The molecule has 1 aliphatic heterocycles. The lowest BCUT2D eigenvalue weighted by atomic mass is 10.1. The molecule has 0 spiro atoms. The molecule has 0 aliphatic carbocycles. The summed E-state index contributed by atoms with van der Waals surface area (Å²) in [6, 6.07) is 5.53. The Labute approximate surface area is 176 Å². The molecule has 0 fully saturated rings. The minimum Gasteiger partial charge on any atom is -0.496 e. The minimum absolute atomic E-state index is 0.0871. The number of aromatic nitrogens is 2. The summed E-state index contributed by atoms with van der Waals surface area (Å²) >= 11 is 6.15. The van der Waals surface area contributed by atoms with Gasteiger partial charge in [-0.2, -0.15) is 0 Å². The number of carbonyl (C=O) groups is 1. The maximum absolute atomic E-state index is 11.7. The quantitative estimate of drug-likeness (QED) is 0.512. The first-order valence-corrected chi connectivity index (χ1v) is 10.1. The van der Waals surface area contributed by atoms with Gasteiger partial charge in [0.05, 0.1) is 18.9 Å². The fraction of sp³-hybridized carbons (Fsp3) is 0.476. The smallest absolute Gasteiger partial charge is 0.224 e. The number of anilines is 1. The van der Waals surface area contributed by atoms with E-state index in [9.17, 15) is 4.79 Å². The second-order valence-electron chi connectivity index (χ2n) is 7.55. The van der Waals surface area contributed by atoms with Crippen LogP contribution in [0.25, 0.3) is 0 Å². The molecule has 1 unspecified atom stereocenters. The zero-order valence-electron chi connectivity index (χ0n) is 17.4. The van der Waals surface area contributed by atoms with Crippen molar-refractivity contribution in [1.29, 1.82) is 0 Å². The van der Waals surface area contributed by atoms with Crippen LogP contribution in [0.15, 0.2) is 18.2 Å². The van der Waals surface area contributed by atoms with E-state index >= 15 is 0 Å². The van der Waals surface area contributed by atoms with Gasteiger partial charge >= 0.3 is 0 Å². The molecular weight excluding hydrogens is 392 g/mol. The molecule has 1 aliphatic rings. The fourth-order valence-corrected chi connectivity index (χ4v) is 3.67. The van der Waals surface area contributed by atoms with Crippen molar-refractivity contribution < 1.29 is 14.3 Å². The van der Waals surface area contributed by atoms with Crippen LogP contribution in [-0.4, -0.2) is 40.4 Å². The van der Waals surface area contributed by atoms with Gasteiger partial charge in [0, 0.05) is 36.3 Å². The van der Waals surface area contributed by atoms with Gasteiger partial charge in [-0.1, -0.05) is 0 Å². The highest BCUT2D eigenvalue weighted by Gasteiger charge is 2.35. The predicted octanol–water partition coefficient (Wildman–Crippen LogP) is 4.00. The SMILES string of the molecule is COc1cc(OC(C)C)ccc1CNc1nc(Cl)nc2c1CN(C(C)C)C2C=O. The molecule has 0 bridgehead atoms. The zero-order chi connectivity index (χ0) is 21.1. The monoisotopic (exact) mass is 418 g/mol. The second kappa shape index (κ2) is 8.97. The van der Waals surface area contributed by atoms with Crippen molar-refractivity contribution in [3.05, 3.63) is 40.3 Å². The Morgan fingerprint density at radius 3 is 2.69 bits per heavy atom. The Kier molecular flexibility index (Phi) is 6.59. The number of halogens is 1. The lowest BCUT2D eigenvalue weighted by Crippen LogP contribution is -2.30. The van der Waals surface area contributed by atoms with Gasteiger partial charge in [-0.25, -0.2) is 9.97 Å². The van der Waals surface area contributed by atoms with Crippen LogP contribution in [0.4, 0.5) is 5.82 Å². The van der Waals surface area contributed by atoms with Crippen molar-refractivity contribution in [3.8, 4) is 11.5 Å². The Morgan fingerprint density at radius 1 is 1.31 bits per heavy atom. The molecule has 0 radical (unpaired) electrons. The average Bonchev–Trinajstić information content (AvgIpc) is 3.04. The van der Waals surface area contributed by atoms with Crippen LogP contribution in [0.1, 0.15) is 50.6 Å². The predicted molar refractivity (Wildman–Crippen MR) is 113 cm³/mol. The van der Waals surface area contributed by atoms with E-state index in [0.29, 0.717) is 24.6 Å². The molecule has 1 aromatic heterocycles. The van der Waals surface area contributed by atoms with Crippen molar-refractivity contribution in [1.82, 2.24) is 14.9 Å². The zero-order valence-corrected chi connectivity index (χ0v) is 18.2. The van der Waals surface area contributed by atoms with Gasteiger partial charge in [0.25, 0.3) is 0 Å². The lowest BCUT2D eigenvalue weighted by Gasteiger charge is -2.23. The van der Waals surface area contributed by atoms with Crippen molar-refractivity contribution >= 4 is 23.7 Å². The third-order valence-electron chi connectivity index (χ3n) is 4.86. The van der Waals surface area contributed by atoms with E-state index in [4.69, 9.17) is 21.1 Å². The number of aldehydes is 1. The van der Waals surface area contributed by atoms with Gasteiger partial charge in [-0.05, 0) is 51.4 Å². The van der Waals surface area contributed by atoms with E-state index < -0.39 is 6.04 Å². The first-order valence-electron chi connectivity index (χ1n) is 9.68. The fourth-order valence-electron chi connectivity index (χ4n) is 3.50. The first-order chi connectivity index (χ1) is 13.8. The molecule has 156 valence electrons. The van der Waals surface area contributed by atoms with Crippen LogP contribution in [-0.2, 0) is 17.9 Å². The van der Waals surface area contributed by atoms with E-state index in [-0.39, 0.29) is 17.4 Å². The minimum atomic E-state index is -0.409. The van der Waals surface area contributed by atoms with E-state index in [2.05, 4.69) is 34.0 Å². The molecule has 2 aromatic rings.